The van der Waals surface area contributed by atoms with Gasteiger partial charge >= 0.3 is 0 Å². The fraction of sp³-hybridized carbons (Fsp3) is 0.444. The first-order valence-corrected chi connectivity index (χ1v) is 4.24. The second-order valence-electron chi connectivity index (χ2n) is 2.80. The van der Waals surface area contributed by atoms with Crippen molar-refractivity contribution in [2.45, 2.75) is 19.3 Å². The summed E-state index contributed by atoms with van der Waals surface area (Å²) in [4.78, 5) is 4.18. The van der Waals surface area contributed by atoms with Crippen LogP contribution >= 0.6 is 0 Å². The number of hydrogen-bond acceptors (Lipinski definition) is 3. The highest BCUT2D eigenvalue weighted by atomic mass is 14.8. The molecule has 0 radical (unpaired) electrons. The number of aromatic nitrogens is 1. The summed E-state index contributed by atoms with van der Waals surface area (Å²) in [5, 5.41) is 0. The zero-order valence-electron chi connectivity index (χ0n) is 7.16. The molecule has 0 saturated heterocycles. The van der Waals surface area contributed by atoms with Crippen molar-refractivity contribution in [2.75, 3.05) is 12.3 Å². The van der Waals surface area contributed by atoms with E-state index in [1.165, 1.54) is 0 Å². The van der Waals surface area contributed by atoms with Crippen molar-refractivity contribution in [3.05, 3.63) is 23.9 Å². The lowest BCUT2D eigenvalue weighted by Gasteiger charge is -1.99. The second-order valence-corrected chi connectivity index (χ2v) is 2.80. The minimum Gasteiger partial charge on any atom is -0.384 e. The van der Waals surface area contributed by atoms with E-state index in [2.05, 4.69) is 4.98 Å². The molecular formula is C9H15N3. The number of hydrogen-bond donors (Lipinski definition) is 2. The first-order chi connectivity index (χ1) is 5.83. The fourth-order valence-corrected chi connectivity index (χ4v) is 1.09. The predicted molar refractivity (Wildman–Crippen MR) is 50.6 cm³/mol. The summed E-state index contributed by atoms with van der Waals surface area (Å²) in [5.74, 6) is 0.597. The molecule has 4 N–H and O–H groups in total. The third-order valence-corrected chi connectivity index (χ3v) is 1.72. The van der Waals surface area contributed by atoms with E-state index < -0.39 is 0 Å². The molecule has 0 bridgehead atoms. The lowest BCUT2D eigenvalue weighted by Crippen LogP contribution is -2.00. The Morgan fingerprint density at radius 2 is 2.08 bits per heavy atom. The highest BCUT2D eigenvalue weighted by Crippen LogP contribution is 2.04. The van der Waals surface area contributed by atoms with Crippen LogP contribution in [-0.4, -0.2) is 11.5 Å². The number of nitrogens with two attached hydrogens (primary N) is 2. The summed E-state index contributed by atoms with van der Waals surface area (Å²) < 4.78 is 0. The molecule has 0 fully saturated rings. The number of anilines is 1. The molecule has 1 heterocycles. The van der Waals surface area contributed by atoms with Gasteiger partial charge < -0.3 is 11.5 Å². The Morgan fingerprint density at radius 1 is 1.25 bits per heavy atom. The Bertz CT molecular complexity index is 235. The van der Waals surface area contributed by atoms with Crippen LogP contribution in [-0.2, 0) is 6.42 Å². The molecule has 3 heteroatoms. The maximum atomic E-state index is 5.53. The minimum absolute atomic E-state index is 0.597. The summed E-state index contributed by atoms with van der Waals surface area (Å²) in [5.41, 5.74) is 12.0. The van der Waals surface area contributed by atoms with Crippen LogP contribution in [0.5, 0.6) is 0 Å². The molecule has 66 valence electrons. The fourth-order valence-electron chi connectivity index (χ4n) is 1.09. The van der Waals surface area contributed by atoms with E-state index in [9.17, 15) is 0 Å². The van der Waals surface area contributed by atoms with E-state index in [0.29, 0.717) is 5.82 Å². The van der Waals surface area contributed by atoms with Crippen LogP contribution in [0.25, 0.3) is 0 Å². The monoisotopic (exact) mass is 165 g/mol. The third kappa shape index (κ3) is 2.88. The van der Waals surface area contributed by atoms with Crippen molar-refractivity contribution in [1.29, 1.82) is 0 Å². The molecule has 0 atom stereocenters. The standard InChI is InChI=1S/C9H15N3/c10-7-2-1-4-8-5-3-6-9(11)12-8/h3,5-6H,1-2,4,7,10H2,(H2,11,12). The van der Waals surface area contributed by atoms with Gasteiger partial charge in [-0.15, -0.1) is 0 Å². The smallest absolute Gasteiger partial charge is 0.123 e. The van der Waals surface area contributed by atoms with Crippen LogP contribution in [0, 0.1) is 0 Å². The van der Waals surface area contributed by atoms with Crippen molar-refractivity contribution in [1.82, 2.24) is 4.98 Å². The van der Waals surface area contributed by atoms with Crippen LogP contribution in [0.2, 0.25) is 0 Å². The predicted octanol–water partition coefficient (Wildman–Crippen LogP) is 0.945. The first-order valence-electron chi connectivity index (χ1n) is 4.24. The normalized spacial score (nSPS) is 10.1. The third-order valence-electron chi connectivity index (χ3n) is 1.72. The van der Waals surface area contributed by atoms with E-state index in [0.717, 1.165) is 31.5 Å². The van der Waals surface area contributed by atoms with Crippen LogP contribution in [0.3, 0.4) is 0 Å². The van der Waals surface area contributed by atoms with Gasteiger partial charge in [0.15, 0.2) is 0 Å². The van der Waals surface area contributed by atoms with Gasteiger partial charge in [-0.25, -0.2) is 4.98 Å². The zero-order chi connectivity index (χ0) is 8.81. The largest absolute Gasteiger partial charge is 0.384 e. The first kappa shape index (κ1) is 9.00. The average molecular weight is 165 g/mol. The molecule has 0 spiro atoms. The molecule has 0 aliphatic carbocycles. The summed E-state index contributed by atoms with van der Waals surface area (Å²) in [6.07, 6.45) is 3.12. The van der Waals surface area contributed by atoms with E-state index in [4.69, 9.17) is 11.5 Å². The summed E-state index contributed by atoms with van der Waals surface area (Å²) in [6.45, 7) is 0.752. The summed E-state index contributed by atoms with van der Waals surface area (Å²) in [6, 6.07) is 5.72. The highest BCUT2D eigenvalue weighted by Gasteiger charge is 1.94. The molecule has 0 aromatic carbocycles. The van der Waals surface area contributed by atoms with Gasteiger partial charge in [-0.05, 0) is 37.9 Å². The van der Waals surface area contributed by atoms with Gasteiger partial charge in [0.1, 0.15) is 5.82 Å². The van der Waals surface area contributed by atoms with Crippen molar-refractivity contribution in [2.24, 2.45) is 5.73 Å². The van der Waals surface area contributed by atoms with Crippen LogP contribution < -0.4 is 11.5 Å². The van der Waals surface area contributed by atoms with Gasteiger partial charge in [-0.3, -0.25) is 0 Å². The maximum absolute atomic E-state index is 5.53. The quantitative estimate of drug-likeness (QED) is 0.653. The molecular weight excluding hydrogens is 150 g/mol. The van der Waals surface area contributed by atoms with Crippen LogP contribution in [0.4, 0.5) is 5.82 Å². The Balaban J connectivity index is 2.41. The second kappa shape index (κ2) is 4.72. The van der Waals surface area contributed by atoms with Gasteiger partial charge in [-0.1, -0.05) is 6.07 Å². The van der Waals surface area contributed by atoms with Gasteiger partial charge in [0.25, 0.3) is 0 Å². The number of aryl methyl sites for hydroxylation is 1. The lowest BCUT2D eigenvalue weighted by atomic mass is 10.2. The Kier molecular flexibility index (Phi) is 3.54. The molecule has 1 aromatic heterocycles. The van der Waals surface area contributed by atoms with Crippen molar-refractivity contribution >= 4 is 5.82 Å². The Morgan fingerprint density at radius 3 is 2.75 bits per heavy atom. The maximum Gasteiger partial charge on any atom is 0.123 e. The lowest BCUT2D eigenvalue weighted by molar-refractivity contribution is 0.733. The Hall–Kier alpha value is -1.09. The molecule has 12 heavy (non-hydrogen) atoms. The number of rotatable bonds is 4. The number of nitrogen functional groups attached to an aromatic ring is 1. The molecule has 0 saturated carbocycles. The summed E-state index contributed by atoms with van der Waals surface area (Å²) in [7, 11) is 0. The van der Waals surface area contributed by atoms with Gasteiger partial charge in [-0.2, -0.15) is 0 Å². The molecule has 3 nitrogen and oxygen atoms in total. The molecule has 1 rings (SSSR count). The number of nitrogens with zero attached hydrogens (tertiary/aromatic N) is 1. The molecule has 0 aliphatic heterocycles. The van der Waals surface area contributed by atoms with Crippen molar-refractivity contribution in [3.8, 4) is 0 Å². The molecule has 0 unspecified atom stereocenters. The molecule has 0 amide bonds. The Labute approximate surface area is 72.8 Å². The summed E-state index contributed by atoms with van der Waals surface area (Å²) >= 11 is 0. The number of pyridine rings is 1. The molecule has 0 aliphatic rings. The van der Waals surface area contributed by atoms with Gasteiger partial charge in [0, 0.05) is 5.69 Å². The van der Waals surface area contributed by atoms with E-state index >= 15 is 0 Å². The highest BCUT2D eigenvalue weighted by molar-refractivity contribution is 5.28. The average Bonchev–Trinajstić information content (AvgIpc) is 2.05. The topological polar surface area (TPSA) is 64.9 Å². The van der Waals surface area contributed by atoms with Gasteiger partial charge in [0.2, 0.25) is 0 Å². The van der Waals surface area contributed by atoms with Gasteiger partial charge in [0.05, 0.1) is 0 Å². The van der Waals surface area contributed by atoms with Crippen LogP contribution in [0.1, 0.15) is 18.5 Å². The van der Waals surface area contributed by atoms with Crippen LogP contribution in [0.15, 0.2) is 18.2 Å². The van der Waals surface area contributed by atoms with Crippen molar-refractivity contribution in [3.63, 3.8) is 0 Å². The number of unbranched alkanes of at least 4 members (excludes halogenated alkanes) is 1. The SMILES string of the molecule is NCCCCc1cccc(N)n1. The minimum atomic E-state index is 0.597. The van der Waals surface area contributed by atoms with E-state index in [1.807, 2.05) is 12.1 Å². The van der Waals surface area contributed by atoms with E-state index in [1.54, 1.807) is 6.07 Å². The zero-order valence-corrected chi connectivity index (χ0v) is 7.16. The van der Waals surface area contributed by atoms with Crippen molar-refractivity contribution < 1.29 is 0 Å². The molecule has 1 aromatic rings. The van der Waals surface area contributed by atoms with E-state index in [-0.39, 0.29) is 0 Å².